The molecule has 134 valence electrons. The van der Waals surface area contributed by atoms with Gasteiger partial charge >= 0.3 is 6.03 Å². The van der Waals surface area contributed by atoms with E-state index in [9.17, 15) is 4.79 Å². The third-order valence-corrected chi connectivity index (χ3v) is 4.42. The molecule has 2 aromatic carbocycles. The van der Waals surface area contributed by atoms with E-state index in [4.69, 9.17) is 0 Å². The van der Waals surface area contributed by atoms with Crippen molar-refractivity contribution in [3.63, 3.8) is 0 Å². The average molecular weight is 356 g/mol. The molecule has 0 bridgehead atoms. The molecule has 2 aromatic heterocycles. The second kappa shape index (κ2) is 7.33. The molecule has 27 heavy (non-hydrogen) atoms. The van der Waals surface area contributed by atoms with Crippen molar-refractivity contribution >= 4 is 23.1 Å². The number of rotatable bonds is 4. The third-order valence-electron chi connectivity index (χ3n) is 4.42. The van der Waals surface area contributed by atoms with Gasteiger partial charge in [-0.2, -0.15) is 0 Å². The van der Waals surface area contributed by atoms with Crippen molar-refractivity contribution in [2.24, 2.45) is 0 Å². The molecule has 5 heteroatoms. The summed E-state index contributed by atoms with van der Waals surface area (Å²) >= 11 is 0. The van der Waals surface area contributed by atoms with Gasteiger partial charge in [0.2, 0.25) is 0 Å². The number of hydrogen-bond acceptors (Lipinski definition) is 2. The minimum absolute atomic E-state index is 0.264. The van der Waals surface area contributed by atoms with Crippen LogP contribution < -0.4 is 10.6 Å². The number of aryl methyl sites for hydroxylation is 1. The highest BCUT2D eigenvalue weighted by molar-refractivity contribution is 5.99. The fraction of sp³-hybridized carbons (Fsp3) is 0.0909. The summed E-state index contributed by atoms with van der Waals surface area (Å²) in [5.41, 5.74) is 5.54. The number of carbonyl (C=O) groups is 1. The summed E-state index contributed by atoms with van der Waals surface area (Å²) in [6.45, 7) is 2.10. The van der Waals surface area contributed by atoms with Gasteiger partial charge in [0.15, 0.2) is 0 Å². The summed E-state index contributed by atoms with van der Waals surface area (Å²) in [7, 11) is 0. The molecule has 0 aliphatic carbocycles. The Kier molecular flexibility index (Phi) is 4.58. The van der Waals surface area contributed by atoms with Crippen molar-refractivity contribution in [1.82, 2.24) is 9.38 Å². The van der Waals surface area contributed by atoms with Gasteiger partial charge in [-0.1, -0.05) is 37.3 Å². The van der Waals surface area contributed by atoms with E-state index in [0.29, 0.717) is 0 Å². The van der Waals surface area contributed by atoms with Gasteiger partial charge in [-0.05, 0) is 48.4 Å². The maximum atomic E-state index is 12.2. The van der Waals surface area contributed by atoms with Crippen LogP contribution >= 0.6 is 0 Å². The highest BCUT2D eigenvalue weighted by Gasteiger charge is 2.06. The molecular weight excluding hydrogens is 336 g/mol. The highest BCUT2D eigenvalue weighted by Crippen LogP contribution is 2.21. The summed E-state index contributed by atoms with van der Waals surface area (Å²) in [5, 5.41) is 5.69. The van der Waals surface area contributed by atoms with E-state index >= 15 is 0 Å². The van der Waals surface area contributed by atoms with E-state index in [2.05, 4.69) is 22.5 Å². The van der Waals surface area contributed by atoms with E-state index in [0.717, 1.165) is 34.7 Å². The number of nitrogens with one attached hydrogen (secondary N) is 2. The number of fused-ring (bicyclic) bond motifs is 1. The van der Waals surface area contributed by atoms with Crippen LogP contribution in [0.2, 0.25) is 0 Å². The Bertz CT molecular complexity index is 1030. The van der Waals surface area contributed by atoms with Crippen LogP contribution in [-0.4, -0.2) is 15.4 Å². The van der Waals surface area contributed by atoms with Gasteiger partial charge in [-0.3, -0.25) is 0 Å². The molecule has 0 saturated heterocycles. The zero-order valence-corrected chi connectivity index (χ0v) is 15.0. The number of aromatic nitrogens is 2. The number of nitrogens with zero attached hydrogens (tertiary/aromatic N) is 2. The predicted octanol–water partition coefficient (Wildman–Crippen LogP) is 5.21. The summed E-state index contributed by atoms with van der Waals surface area (Å²) < 4.78 is 1.98. The molecule has 2 amide bonds. The van der Waals surface area contributed by atoms with Crippen LogP contribution in [0.25, 0.3) is 16.9 Å². The Balaban J connectivity index is 1.43. The lowest BCUT2D eigenvalue weighted by Gasteiger charge is -2.08. The van der Waals surface area contributed by atoms with Crippen LogP contribution in [0.15, 0.2) is 79.1 Å². The molecule has 4 aromatic rings. The monoisotopic (exact) mass is 356 g/mol. The third kappa shape index (κ3) is 3.82. The van der Waals surface area contributed by atoms with E-state index in [1.165, 1.54) is 5.56 Å². The maximum Gasteiger partial charge on any atom is 0.323 e. The van der Waals surface area contributed by atoms with Gasteiger partial charge in [0.1, 0.15) is 5.65 Å². The van der Waals surface area contributed by atoms with Crippen molar-refractivity contribution < 1.29 is 4.79 Å². The van der Waals surface area contributed by atoms with Gasteiger partial charge in [0.25, 0.3) is 0 Å². The van der Waals surface area contributed by atoms with Gasteiger partial charge in [0, 0.05) is 29.3 Å². The van der Waals surface area contributed by atoms with Crippen LogP contribution in [0.3, 0.4) is 0 Å². The van der Waals surface area contributed by atoms with Crippen LogP contribution in [0.5, 0.6) is 0 Å². The lowest BCUT2D eigenvalue weighted by Crippen LogP contribution is -2.19. The van der Waals surface area contributed by atoms with Gasteiger partial charge < -0.3 is 15.0 Å². The largest absolute Gasteiger partial charge is 0.323 e. The molecule has 0 fully saturated rings. The highest BCUT2D eigenvalue weighted by atomic mass is 16.2. The Morgan fingerprint density at radius 3 is 2.22 bits per heavy atom. The fourth-order valence-electron chi connectivity index (χ4n) is 2.92. The summed E-state index contributed by atoms with van der Waals surface area (Å²) in [6.07, 6.45) is 4.94. The molecule has 0 saturated carbocycles. The first kappa shape index (κ1) is 16.8. The Hall–Kier alpha value is -3.60. The SMILES string of the molecule is CCc1ccc(NC(=O)Nc2ccc(-c3cn4ccccc4n3)cc2)cc1. The second-order valence-corrected chi connectivity index (χ2v) is 6.30. The van der Waals surface area contributed by atoms with Crippen molar-refractivity contribution in [2.45, 2.75) is 13.3 Å². The molecule has 0 aliphatic rings. The first-order valence-electron chi connectivity index (χ1n) is 8.92. The Morgan fingerprint density at radius 1 is 0.926 bits per heavy atom. The lowest BCUT2D eigenvalue weighted by molar-refractivity contribution is 0.262. The summed E-state index contributed by atoms with van der Waals surface area (Å²) in [5.74, 6) is 0. The van der Waals surface area contributed by atoms with Crippen molar-refractivity contribution in [3.8, 4) is 11.3 Å². The van der Waals surface area contributed by atoms with Crippen molar-refractivity contribution in [3.05, 3.63) is 84.7 Å². The van der Waals surface area contributed by atoms with Crippen LogP contribution in [0.1, 0.15) is 12.5 Å². The quantitative estimate of drug-likeness (QED) is 0.527. The molecule has 0 spiro atoms. The summed E-state index contributed by atoms with van der Waals surface area (Å²) in [6, 6.07) is 21.1. The number of benzene rings is 2. The molecule has 2 N–H and O–H groups in total. The first-order chi connectivity index (χ1) is 13.2. The number of imidazole rings is 1. The Morgan fingerprint density at radius 2 is 1.59 bits per heavy atom. The Labute approximate surface area is 157 Å². The van der Waals surface area contributed by atoms with E-state index in [1.54, 1.807) is 0 Å². The minimum Gasteiger partial charge on any atom is -0.308 e. The van der Waals surface area contributed by atoms with E-state index in [1.807, 2.05) is 83.5 Å². The van der Waals surface area contributed by atoms with Crippen LogP contribution in [-0.2, 0) is 6.42 Å². The number of hydrogen-bond donors (Lipinski definition) is 2. The fourth-order valence-corrected chi connectivity index (χ4v) is 2.92. The predicted molar refractivity (Wildman–Crippen MR) is 109 cm³/mol. The number of pyridine rings is 1. The smallest absolute Gasteiger partial charge is 0.308 e. The van der Waals surface area contributed by atoms with E-state index < -0.39 is 0 Å². The number of anilines is 2. The lowest BCUT2D eigenvalue weighted by atomic mass is 10.1. The van der Waals surface area contributed by atoms with Gasteiger partial charge in [0.05, 0.1) is 5.69 Å². The molecule has 0 atom stereocenters. The van der Waals surface area contributed by atoms with Crippen molar-refractivity contribution in [1.29, 1.82) is 0 Å². The van der Waals surface area contributed by atoms with Crippen LogP contribution in [0, 0.1) is 0 Å². The first-order valence-corrected chi connectivity index (χ1v) is 8.92. The molecule has 2 heterocycles. The molecule has 0 aliphatic heterocycles. The number of amides is 2. The molecular formula is C22H20N4O. The topological polar surface area (TPSA) is 58.4 Å². The normalized spacial score (nSPS) is 10.7. The molecule has 5 nitrogen and oxygen atoms in total. The molecule has 0 unspecified atom stereocenters. The van der Waals surface area contributed by atoms with E-state index in [-0.39, 0.29) is 6.03 Å². The summed E-state index contributed by atoms with van der Waals surface area (Å²) in [4.78, 5) is 16.8. The molecule has 4 rings (SSSR count). The molecule has 0 radical (unpaired) electrons. The van der Waals surface area contributed by atoms with Crippen LogP contribution in [0.4, 0.5) is 16.2 Å². The average Bonchev–Trinajstić information content (AvgIpc) is 3.13. The standard InChI is InChI=1S/C22H20N4O/c1-2-16-6-10-18(11-7-16)23-22(27)24-19-12-8-17(9-13-19)20-15-26-14-4-3-5-21(26)25-20/h3-15H,2H2,1H3,(H2,23,24,27). The zero-order chi connectivity index (χ0) is 18.6. The second-order valence-electron chi connectivity index (χ2n) is 6.30. The number of urea groups is 1. The zero-order valence-electron chi connectivity index (χ0n) is 15.0. The van der Waals surface area contributed by atoms with Gasteiger partial charge in [-0.25, -0.2) is 9.78 Å². The minimum atomic E-state index is -0.264. The van der Waals surface area contributed by atoms with Gasteiger partial charge in [-0.15, -0.1) is 0 Å². The van der Waals surface area contributed by atoms with Crippen molar-refractivity contribution in [2.75, 3.05) is 10.6 Å². The maximum absolute atomic E-state index is 12.2. The number of carbonyl (C=O) groups excluding carboxylic acids is 1.